The molecule has 3 aromatic rings. The number of ether oxygens (including phenoxy) is 1. The molecule has 1 amide bonds. The van der Waals surface area contributed by atoms with Gasteiger partial charge in [-0.2, -0.15) is 5.26 Å². The van der Waals surface area contributed by atoms with Gasteiger partial charge in [-0.3, -0.25) is 14.7 Å². The molecule has 0 bridgehead atoms. The third-order valence-corrected chi connectivity index (χ3v) is 9.60. The summed E-state index contributed by atoms with van der Waals surface area (Å²) in [4.78, 5) is 27.6. The number of rotatable bonds is 3. The van der Waals surface area contributed by atoms with Crippen LogP contribution in [0.2, 0.25) is 15.1 Å². The molecule has 0 saturated carbocycles. The predicted octanol–water partition coefficient (Wildman–Crippen LogP) is 7.18. The number of anilines is 3. The molecule has 0 radical (unpaired) electrons. The van der Waals surface area contributed by atoms with Crippen molar-refractivity contribution in [3.05, 3.63) is 80.1 Å². The summed E-state index contributed by atoms with van der Waals surface area (Å²) >= 11 is 18.9. The third-order valence-electron chi connectivity index (χ3n) is 8.61. The van der Waals surface area contributed by atoms with Gasteiger partial charge in [-0.15, -0.1) is 0 Å². The van der Waals surface area contributed by atoms with Gasteiger partial charge < -0.3 is 20.3 Å². The monoisotopic (exact) mass is 685 g/mol. The van der Waals surface area contributed by atoms with Gasteiger partial charge >= 0.3 is 0 Å². The maximum Gasteiger partial charge on any atom is 0.246 e. The summed E-state index contributed by atoms with van der Waals surface area (Å²) in [7, 11) is 0. The van der Waals surface area contributed by atoms with Crippen LogP contribution in [-0.2, 0) is 9.53 Å². The van der Waals surface area contributed by atoms with Gasteiger partial charge in [0.2, 0.25) is 5.91 Å². The quantitative estimate of drug-likeness (QED) is 0.134. The SMILES string of the molecule is C=CC(=O)N1[C@H](C)CN(C2=C(C#N)C3OC(C)c4nccc(C)c4N3c3nc(-c4c(N)c(Cl)c(F)c(Cl)c4F)c(Cl)cc32)C[C@@H]1C. The minimum absolute atomic E-state index is 0.0488. The zero-order valence-corrected chi connectivity index (χ0v) is 27.5. The molecule has 0 spiro atoms. The molecule has 1 saturated heterocycles. The van der Waals surface area contributed by atoms with Crippen LogP contribution in [0, 0.1) is 29.9 Å². The summed E-state index contributed by atoms with van der Waals surface area (Å²) < 4.78 is 36.7. The van der Waals surface area contributed by atoms with Crippen LogP contribution >= 0.6 is 34.8 Å². The number of pyridine rings is 2. The summed E-state index contributed by atoms with van der Waals surface area (Å²) in [6.45, 7) is 11.9. The minimum atomic E-state index is -1.20. The zero-order valence-electron chi connectivity index (χ0n) is 25.2. The maximum atomic E-state index is 15.6. The fourth-order valence-electron chi connectivity index (χ4n) is 6.68. The van der Waals surface area contributed by atoms with E-state index in [0.717, 1.165) is 5.56 Å². The highest BCUT2D eigenvalue weighted by molar-refractivity contribution is 6.38. The highest BCUT2D eigenvalue weighted by Crippen LogP contribution is 2.52. The average Bonchev–Trinajstić information content (AvgIpc) is 3.02. The molecule has 2 unspecified atom stereocenters. The van der Waals surface area contributed by atoms with E-state index in [1.807, 2.05) is 38.7 Å². The van der Waals surface area contributed by atoms with Gasteiger partial charge in [0.15, 0.2) is 17.9 Å². The number of hydrogen-bond acceptors (Lipinski definition) is 8. The Bertz CT molecular complexity index is 1870. The van der Waals surface area contributed by atoms with Crippen LogP contribution in [0.3, 0.4) is 0 Å². The molecule has 4 atom stereocenters. The Kier molecular flexibility index (Phi) is 8.13. The number of nitrogens with two attached hydrogens (primary N) is 1. The Morgan fingerprint density at radius 2 is 1.85 bits per heavy atom. The van der Waals surface area contributed by atoms with E-state index in [1.165, 1.54) is 6.08 Å². The Morgan fingerprint density at radius 1 is 1.17 bits per heavy atom. The van der Waals surface area contributed by atoms with E-state index < -0.39 is 39.7 Å². The van der Waals surface area contributed by atoms with Crippen molar-refractivity contribution >= 4 is 63.6 Å². The average molecular weight is 687 g/mol. The standard InChI is InChI=1S/C32H28Cl3F2N7O2/c1-6-20(45)43-14(3)11-42(12-15(43)4)30-17-9-19(33)28(21-24(36)22(34)25(37)23(35)26(21)39)41-31(17)44-29-13(2)7-8-40-27(29)16(5)46-32(44)18(30)10-38/h6-9,14-16,32H,1,11-12,39H2,2-5H3/t14-,15+,16?,32?. The van der Waals surface area contributed by atoms with Crippen molar-refractivity contribution in [1.82, 2.24) is 19.8 Å². The molecule has 14 heteroatoms. The van der Waals surface area contributed by atoms with Gasteiger partial charge in [0, 0.05) is 36.9 Å². The molecule has 2 N–H and O–H groups in total. The van der Waals surface area contributed by atoms with Crippen molar-refractivity contribution in [2.45, 2.75) is 52.1 Å². The first-order valence-electron chi connectivity index (χ1n) is 14.4. The number of fused-ring (bicyclic) bond motifs is 5. The van der Waals surface area contributed by atoms with Gasteiger partial charge in [0.25, 0.3) is 0 Å². The van der Waals surface area contributed by atoms with Crippen molar-refractivity contribution in [3.63, 3.8) is 0 Å². The first-order valence-corrected chi connectivity index (χ1v) is 15.5. The number of nitrogens with zero attached hydrogens (tertiary/aromatic N) is 6. The van der Waals surface area contributed by atoms with Crippen molar-refractivity contribution in [1.29, 1.82) is 5.26 Å². The number of aryl methyl sites for hydroxylation is 1. The summed E-state index contributed by atoms with van der Waals surface area (Å²) in [6, 6.07) is 5.26. The van der Waals surface area contributed by atoms with Gasteiger partial charge in [0.1, 0.15) is 33.6 Å². The molecule has 2 aromatic heterocycles. The van der Waals surface area contributed by atoms with Gasteiger partial charge in [-0.1, -0.05) is 41.4 Å². The number of carbonyl (C=O) groups excluding carboxylic acids is 1. The molecule has 46 heavy (non-hydrogen) atoms. The van der Waals surface area contributed by atoms with Crippen LogP contribution in [0.25, 0.3) is 17.0 Å². The number of aromatic nitrogens is 2. The van der Waals surface area contributed by atoms with Crippen LogP contribution in [0.5, 0.6) is 0 Å². The number of halogens is 5. The van der Waals surface area contributed by atoms with Crippen LogP contribution in [-0.4, -0.2) is 57.1 Å². The minimum Gasteiger partial charge on any atom is -0.397 e. The van der Waals surface area contributed by atoms with Crippen LogP contribution in [0.15, 0.2) is 36.6 Å². The van der Waals surface area contributed by atoms with Crippen LogP contribution in [0.4, 0.5) is 26.0 Å². The summed E-state index contributed by atoms with van der Waals surface area (Å²) in [6.07, 6.45) is 1.49. The molecular formula is C32H28Cl3F2N7O2. The van der Waals surface area contributed by atoms with E-state index in [9.17, 15) is 14.4 Å². The number of benzene rings is 1. The van der Waals surface area contributed by atoms with E-state index in [4.69, 9.17) is 50.3 Å². The topological polar surface area (TPSA) is 112 Å². The lowest BCUT2D eigenvalue weighted by Gasteiger charge is -2.49. The summed E-state index contributed by atoms with van der Waals surface area (Å²) in [5.74, 6) is -2.31. The largest absolute Gasteiger partial charge is 0.397 e. The fraction of sp³-hybridized carbons (Fsp3) is 0.312. The molecule has 5 heterocycles. The highest BCUT2D eigenvalue weighted by atomic mass is 35.5. The van der Waals surface area contributed by atoms with E-state index in [2.05, 4.69) is 17.6 Å². The Morgan fingerprint density at radius 3 is 2.48 bits per heavy atom. The van der Waals surface area contributed by atoms with Gasteiger partial charge in [-0.25, -0.2) is 13.8 Å². The molecule has 9 nitrogen and oxygen atoms in total. The van der Waals surface area contributed by atoms with E-state index >= 15 is 4.39 Å². The molecule has 1 aromatic carbocycles. The first kappa shape index (κ1) is 32.0. The van der Waals surface area contributed by atoms with Crippen molar-refractivity contribution in [3.8, 4) is 17.3 Å². The van der Waals surface area contributed by atoms with Gasteiger partial charge in [-0.05, 0) is 51.5 Å². The molecule has 1 fully saturated rings. The maximum absolute atomic E-state index is 15.6. The number of hydrogen-bond donors (Lipinski definition) is 1. The second-order valence-corrected chi connectivity index (χ2v) is 12.7. The lowest BCUT2D eigenvalue weighted by Crippen LogP contribution is -2.58. The number of nitriles is 1. The smallest absolute Gasteiger partial charge is 0.246 e. The third kappa shape index (κ3) is 4.70. The predicted molar refractivity (Wildman–Crippen MR) is 174 cm³/mol. The molecule has 6 rings (SSSR count). The Labute approximate surface area is 279 Å². The molecule has 3 aliphatic heterocycles. The number of piperazine rings is 1. The number of nitrogen functional groups attached to an aromatic ring is 1. The van der Waals surface area contributed by atoms with E-state index in [0.29, 0.717) is 41.3 Å². The first-order chi connectivity index (χ1) is 21.8. The molecule has 238 valence electrons. The second-order valence-electron chi connectivity index (χ2n) is 11.5. The Hall–Kier alpha value is -3.95. The molecule has 3 aliphatic rings. The highest BCUT2D eigenvalue weighted by Gasteiger charge is 2.46. The lowest BCUT2D eigenvalue weighted by molar-refractivity contribution is -0.132. The lowest BCUT2D eigenvalue weighted by atomic mass is 9.93. The Balaban J connectivity index is 1.65. The second kappa shape index (κ2) is 11.7. The summed E-state index contributed by atoms with van der Waals surface area (Å²) in [5.41, 5.74) is 8.54. The molecular weight excluding hydrogens is 659 g/mol. The van der Waals surface area contributed by atoms with E-state index in [-0.39, 0.29) is 40.1 Å². The van der Waals surface area contributed by atoms with Crippen molar-refractivity contribution in [2.24, 2.45) is 0 Å². The summed E-state index contributed by atoms with van der Waals surface area (Å²) in [5, 5.41) is 9.24. The number of amides is 1. The van der Waals surface area contributed by atoms with E-state index in [1.54, 1.807) is 22.1 Å². The normalized spacial score (nSPS) is 22.2. The fourth-order valence-corrected chi connectivity index (χ4v) is 7.35. The number of carbonyl (C=O) groups is 1. The van der Waals surface area contributed by atoms with Crippen LogP contribution < -0.4 is 10.6 Å². The van der Waals surface area contributed by atoms with Crippen molar-refractivity contribution < 1.29 is 18.3 Å². The molecule has 0 aliphatic carbocycles. The zero-order chi connectivity index (χ0) is 33.4. The van der Waals surface area contributed by atoms with Crippen molar-refractivity contribution in [2.75, 3.05) is 23.7 Å². The van der Waals surface area contributed by atoms with Crippen LogP contribution in [0.1, 0.15) is 43.7 Å². The van der Waals surface area contributed by atoms with Gasteiger partial charge in [0.05, 0.1) is 39.0 Å².